The molecule has 0 aliphatic heterocycles. The average Bonchev–Trinajstić information content (AvgIpc) is 2.68. The van der Waals surface area contributed by atoms with E-state index in [9.17, 15) is 4.79 Å². The fourth-order valence-corrected chi connectivity index (χ4v) is 3.85. The number of fused-ring (bicyclic) bond motifs is 1. The van der Waals surface area contributed by atoms with Crippen LogP contribution in [0.1, 0.15) is 5.56 Å². The van der Waals surface area contributed by atoms with E-state index in [-0.39, 0.29) is 23.5 Å². The highest BCUT2D eigenvalue weighted by Gasteiger charge is 2.20. The number of hydrogen-bond acceptors (Lipinski definition) is 3. The Morgan fingerprint density at radius 2 is 1.52 bits per heavy atom. The van der Waals surface area contributed by atoms with Gasteiger partial charge in [0, 0.05) is 26.2 Å². The second-order valence-electron chi connectivity index (χ2n) is 6.23. The molecule has 0 aliphatic rings. The van der Waals surface area contributed by atoms with Crippen molar-refractivity contribution in [1.29, 1.82) is 0 Å². The maximum atomic E-state index is 13.2. The minimum Gasteiger partial charge on any atom is -0.481 e. The molecule has 29 heavy (non-hydrogen) atoms. The van der Waals surface area contributed by atoms with Crippen LogP contribution in [0.3, 0.4) is 0 Å². The van der Waals surface area contributed by atoms with E-state index < -0.39 is 0 Å². The molecule has 0 fully saturated rings. The Bertz CT molecular complexity index is 1280. The van der Waals surface area contributed by atoms with Gasteiger partial charge in [0.25, 0.3) is 0 Å². The van der Waals surface area contributed by atoms with Gasteiger partial charge in [0.2, 0.25) is 11.2 Å². The topological polar surface area (TPSA) is 39.4 Å². The molecule has 4 rings (SSSR count). The van der Waals surface area contributed by atoms with Gasteiger partial charge in [-0.25, -0.2) is 0 Å². The summed E-state index contributed by atoms with van der Waals surface area (Å²) in [5.41, 5.74) is 1.29. The zero-order chi connectivity index (χ0) is 20.5. The monoisotopic (exact) mass is 464 g/mol. The summed E-state index contributed by atoms with van der Waals surface area (Å²) in [6.07, 6.45) is 0. The van der Waals surface area contributed by atoms with Crippen molar-refractivity contribution in [3.63, 3.8) is 0 Å². The third-order valence-electron chi connectivity index (χ3n) is 4.32. The molecule has 3 nitrogen and oxygen atoms in total. The van der Waals surface area contributed by atoms with E-state index in [1.807, 2.05) is 0 Å². The van der Waals surface area contributed by atoms with Crippen molar-refractivity contribution in [2.24, 2.45) is 0 Å². The quantitative estimate of drug-likeness (QED) is 0.310. The molecule has 1 heterocycles. The van der Waals surface area contributed by atoms with Gasteiger partial charge in [0.1, 0.15) is 12.2 Å². The first-order valence-electron chi connectivity index (χ1n) is 8.52. The van der Waals surface area contributed by atoms with E-state index in [4.69, 9.17) is 55.6 Å². The lowest BCUT2D eigenvalue weighted by atomic mass is 10.1. The summed E-state index contributed by atoms with van der Waals surface area (Å²) in [5.74, 6) is 0.263. The van der Waals surface area contributed by atoms with Crippen molar-refractivity contribution in [3.8, 4) is 17.1 Å². The summed E-state index contributed by atoms with van der Waals surface area (Å²) in [4.78, 5) is 13.2. The van der Waals surface area contributed by atoms with Gasteiger partial charge in [-0.2, -0.15) is 0 Å². The van der Waals surface area contributed by atoms with Crippen LogP contribution in [0.4, 0.5) is 0 Å². The van der Waals surface area contributed by atoms with Gasteiger partial charge in [-0.1, -0.05) is 64.6 Å². The standard InChI is InChI=1S/C22H12Cl4O3/c23-13-6-5-12(17(25)9-13)11-28-22-20(27)16-3-1-2-4-19(16)29-21(22)15-8-7-14(24)10-18(15)26/h1-10H,11H2. The molecule has 1 aromatic heterocycles. The van der Waals surface area contributed by atoms with Crippen LogP contribution in [0.15, 0.2) is 69.9 Å². The first-order valence-corrected chi connectivity index (χ1v) is 10.0. The molecular weight excluding hydrogens is 454 g/mol. The van der Waals surface area contributed by atoms with Crippen molar-refractivity contribution in [1.82, 2.24) is 0 Å². The predicted molar refractivity (Wildman–Crippen MR) is 119 cm³/mol. The zero-order valence-corrected chi connectivity index (χ0v) is 17.7. The fraction of sp³-hybridized carbons (Fsp3) is 0.0455. The molecule has 0 radical (unpaired) electrons. The van der Waals surface area contributed by atoms with Crippen molar-refractivity contribution >= 4 is 57.4 Å². The van der Waals surface area contributed by atoms with Crippen molar-refractivity contribution in [3.05, 3.63) is 96.5 Å². The molecule has 0 spiro atoms. The van der Waals surface area contributed by atoms with Gasteiger partial charge in [-0.05, 0) is 42.5 Å². The molecule has 0 amide bonds. The summed E-state index contributed by atoms with van der Waals surface area (Å²) in [6, 6.07) is 16.9. The summed E-state index contributed by atoms with van der Waals surface area (Å²) in [5, 5.41) is 2.16. The van der Waals surface area contributed by atoms with Crippen molar-refractivity contribution < 1.29 is 9.15 Å². The predicted octanol–water partition coefficient (Wildman–Crippen LogP) is 7.65. The molecule has 3 aromatic carbocycles. The number of halogens is 4. The Hall–Kier alpha value is -2.17. The molecule has 7 heteroatoms. The molecule has 0 saturated heterocycles. The van der Waals surface area contributed by atoms with Crippen LogP contribution >= 0.6 is 46.4 Å². The number of ether oxygens (including phenoxy) is 1. The molecular formula is C22H12Cl4O3. The lowest BCUT2D eigenvalue weighted by Crippen LogP contribution is -2.10. The zero-order valence-electron chi connectivity index (χ0n) is 14.7. The first kappa shape index (κ1) is 20.1. The second kappa shape index (κ2) is 8.29. The number of benzene rings is 3. The lowest BCUT2D eigenvalue weighted by molar-refractivity contribution is 0.298. The number of para-hydroxylation sites is 1. The van der Waals surface area contributed by atoms with Crippen LogP contribution in [-0.4, -0.2) is 0 Å². The number of hydrogen-bond donors (Lipinski definition) is 0. The smallest absolute Gasteiger partial charge is 0.235 e. The normalized spacial score (nSPS) is 11.0. The molecule has 0 aliphatic carbocycles. The number of rotatable bonds is 4. The maximum Gasteiger partial charge on any atom is 0.235 e. The highest BCUT2D eigenvalue weighted by atomic mass is 35.5. The van der Waals surface area contributed by atoms with E-state index in [0.717, 1.165) is 0 Å². The van der Waals surface area contributed by atoms with E-state index in [0.29, 0.717) is 42.2 Å². The Morgan fingerprint density at radius 1 is 0.828 bits per heavy atom. The largest absolute Gasteiger partial charge is 0.481 e. The Morgan fingerprint density at radius 3 is 2.24 bits per heavy atom. The molecule has 0 N–H and O–H groups in total. The third kappa shape index (κ3) is 4.10. The van der Waals surface area contributed by atoms with Crippen LogP contribution in [0, 0.1) is 0 Å². The van der Waals surface area contributed by atoms with Crippen LogP contribution in [0.5, 0.6) is 5.75 Å². The van der Waals surface area contributed by atoms with E-state index in [1.165, 1.54) is 0 Å². The summed E-state index contributed by atoms with van der Waals surface area (Å²) in [6.45, 7) is 0.0529. The Labute approximate surface area is 186 Å². The highest BCUT2D eigenvalue weighted by molar-refractivity contribution is 6.36. The van der Waals surface area contributed by atoms with E-state index >= 15 is 0 Å². The second-order valence-corrected chi connectivity index (χ2v) is 7.92. The molecule has 0 atom stereocenters. The average molecular weight is 466 g/mol. The summed E-state index contributed by atoms with van der Waals surface area (Å²) >= 11 is 24.5. The minimum absolute atomic E-state index is 0.0407. The molecule has 4 aromatic rings. The van der Waals surface area contributed by atoms with Gasteiger partial charge in [-0.15, -0.1) is 0 Å². The van der Waals surface area contributed by atoms with E-state index in [2.05, 4.69) is 0 Å². The van der Waals surface area contributed by atoms with Gasteiger partial charge in [0.05, 0.1) is 10.4 Å². The molecule has 0 bridgehead atoms. The molecule has 0 unspecified atom stereocenters. The minimum atomic E-state index is -0.307. The summed E-state index contributed by atoms with van der Waals surface area (Å²) in [7, 11) is 0. The van der Waals surface area contributed by atoms with Gasteiger partial charge < -0.3 is 9.15 Å². The van der Waals surface area contributed by atoms with E-state index in [1.54, 1.807) is 60.7 Å². The molecule has 0 saturated carbocycles. The summed E-state index contributed by atoms with van der Waals surface area (Å²) < 4.78 is 11.9. The molecule has 146 valence electrons. The fourth-order valence-electron chi connectivity index (χ4n) is 2.90. The van der Waals surface area contributed by atoms with Crippen molar-refractivity contribution in [2.75, 3.05) is 0 Å². The first-order chi connectivity index (χ1) is 13.9. The Kier molecular flexibility index (Phi) is 5.75. The SMILES string of the molecule is O=c1c(OCc2ccc(Cl)cc2Cl)c(-c2ccc(Cl)cc2Cl)oc2ccccc12. The van der Waals surface area contributed by atoms with Crippen molar-refractivity contribution in [2.45, 2.75) is 6.61 Å². The van der Waals surface area contributed by atoms with Crippen LogP contribution in [-0.2, 0) is 6.61 Å². The van der Waals surface area contributed by atoms with Crippen LogP contribution < -0.4 is 10.2 Å². The Balaban J connectivity index is 1.86. The van der Waals surface area contributed by atoms with Gasteiger partial charge in [-0.3, -0.25) is 4.79 Å². The van der Waals surface area contributed by atoms with Gasteiger partial charge >= 0.3 is 0 Å². The lowest BCUT2D eigenvalue weighted by Gasteiger charge is -2.13. The third-order valence-corrected chi connectivity index (χ3v) is 5.45. The highest BCUT2D eigenvalue weighted by Crippen LogP contribution is 2.37. The van der Waals surface area contributed by atoms with Crippen LogP contribution in [0.25, 0.3) is 22.3 Å². The van der Waals surface area contributed by atoms with Gasteiger partial charge in [0.15, 0.2) is 5.76 Å². The maximum absolute atomic E-state index is 13.2. The van der Waals surface area contributed by atoms with Crippen LogP contribution in [0.2, 0.25) is 20.1 Å².